The van der Waals surface area contributed by atoms with E-state index in [1.165, 1.54) is 17.4 Å². The van der Waals surface area contributed by atoms with Crippen LogP contribution in [0, 0.1) is 5.82 Å². The number of nitrogens with zero attached hydrogens (tertiary/aromatic N) is 2. The second kappa shape index (κ2) is 7.66. The summed E-state index contributed by atoms with van der Waals surface area (Å²) in [6.45, 7) is 4.02. The molecule has 0 aliphatic heterocycles. The highest BCUT2D eigenvalue weighted by molar-refractivity contribution is 7.08. The molecule has 28 heavy (non-hydrogen) atoms. The first-order valence-corrected chi connectivity index (χ1v) is 9.90. The van der Waals surface area contributed by atoms with Crippen molar-refractivity contribution in [1.29, 1.82) is 0 Å². The van der Waals surface area contributed by atoms with Gasteiger partial charge in [-0.25, -0.2) is 4.39 Å². The van der Waals surface area contributed by atoms with Crippen molar-refractivity contribution in [2.75, 3.05) is 0 Å². The van der Waals surface area contributed by atoms with E-state index in [4.69, 9.17) is 4.52 Å². The van der Waals surface area contributed by atoms with E-state index in [-0.39, 0.29) is 5.92 Å². The molecular formula is C22H19FN2O2S. The van der Waals surface area contributed by atoms with E-state index in [0.29, 0.717) is 28.1 Å². The summed E-state index contributed by atoms with van der Waals surface area (Å²) in [4.78, 5) is 4.08. The van der Waals surface area contributed by atoms with Crippen LogP contribution < -0.4 is 0 Å². The lowest BCUT2D eigenvalue weighted by molar-refractivity contribution is 0.220. The number of thiophene rings is 1. The van der Waals surface area contributed by atoms with Crippen LogP contribution in [0.15, 0.2) is 64.1 Å². The summed E-state index contributed by atoms with van der Waals surface area (Å²) in [6, 6.07) is 10.5. The van der Waals surface area contributed by atoms with Crippen molar-refractivity contribution in [3.05, 3.63) is 82.1 Å². The molecule has 1 aromatic carbocycles. The molecule has 4 nitrogen and oxygen atoms in total. The average Bonchev–Trinajstić information content (AvgIpc) is 3.37. The Balaban J connectivity index is 1.89. The molecule has 0 saturated heterocycles. The van der Waals surface area contributed by atoms with Crippen LogP contribution in [-0.4, -0.2) is 15.2 Å². The van der Waals surface area contributed by atoms with E-state index in [2.05, 4.69) is 10.1 Å². The Bertz CT molecular complexity index is 1080. The standard InChI is InChI=1S/C22H19FN2O2S/c1-13(2)14-5-6-17(18(23)10-14)20-19(21(26)15-4-3-8-24-11-15)22(27-25-20)16-7-9-28-12-16/h3-13,21,26H,1-2H3. The van der Waals surface area contributed by atoms with Gasteiger partial charge in [0, 0.05) is 34.5 Å². The smallest absolute Gasteiger partial charge is 0.174 e. The Labute approximate surface area is 166 Å². The fourth-order valence-electron chi connectivity index (χ4n) is 3.13. The number of halogens is 1. The molecule has 3 heterocycles. The van der Waals surface area contributed by atoms with E-state index in [1.807, 2.05) is 36.7 Å². The first-order chi connectivity index (χ1) is 13.6. The summed E-state index contributed by atoms with van der Waals surface area (Å²) >= 11 is 1.51. The summed E-state index contributed by atoms with van der Waals surface area (Å²) in [5, 5.41) is 19.0. The van der Waals surface area contributed by atoms with Crippen molar-refractivity contribution >= 4 is 11.3 Å². The van der Waals surface area contributed by atoms with Crippen LogP contribution >= 0.6 is 11.3 Å². The predicted molar refractivity (Wildman–Crippen MR) is 108 cm³/mol. The third-order valence-corrected chi connectivity index (χ3v) is 5.38. The van der Waals surface area contributed by atoms with Gasteiger partial charge in [-0.2, -0.15) is 11.3 Å². The number of pyridine rings is 1. The topological polar surface area (TPSA) is 59.2 Å². The fraction of sp³-hybridized carbons (Fsp3) is 0.182. The summed E-state index contributed by atoms with van der Waals surface area (Å²) < 4.78 is 20.5. The molecule has 1 atom stereocenters. The van der Waals surface area contributed by atoms with Crippen LogP contribution in [0.25, 0.3) is 22.6 Å². The van der Waals surface area contributed by atoms with E-state index in [9.17, 15) is 9.50 Å². The zero-order valence-electron chi connectivity index (χ0n) is 15.5. The van der Waals surface area contributed by atoms with Gasteiger partial charge < -0.3 is 9.63 Å². The number of rotatable bonds is 5. The van der Waals surface area contributed by atoms with Crippen LogP contribution in [-0.2, 0) is 0 Å². The highest BCUT2D eigenvalue weighted by Crippen LogP contribution is 2.40. The van der Waals surface area contributed by atoms with Crippen molar-refractivity contribution in [1.82, 2.24) is 10.1 Å². The number of aliphatic hydroxyl groups is 1. The Morgan fingerprint density at radius 2 is 2.00 bits per heavy atom. The average molecular weight is 394 g/mol. The molecule has 0 bridgehead atoms. The van der Waals surface area contributed by atoms with Crippen molar-refractivity contribution in [3.63, 3.8) is 0 Å². The van der Waals surface area contributed by atoms with Gasteiger partial charge in [-0.1, -0.05) is 31.1 Å². The van der Waals surface area contributed by atoms with Crippen LogP contribution in [0.2, 0.25) is 0 Å². The minimum atomic E-state index is -1.05. The second-order valence-electron chi connectivity index (χ2n) is 6.87. The second-order valence-corrected chi connectivity index (χ2v) is 7.65. The summed E-state index contributed by atoms with van der Waals surface area (Å²) in [5.74, 6) is 0.249. The quantitative estimate of drug-likeness (QED) is 0.464. The molecule has 142 valence electrons. The Morgan fingerprint density at radius 3 is 2.64 bits per heavy atom. The van der Waals surface area contributed by atoms with Crippen molar-refractivity contribution in [2.45, 2.75) is 25.9 Å². The number of aliphatic hydroxyl groups excluding tert-OH is 1. The van der Waals surface area contributed by atoms with Crippen LogP contribution in [0.4, 0.5) is 4.39 Å². The minimum Gasteiger partial charge on any atom is -0.383 e. The normalized spacial score (nSPS) is 12.5. The molecule has 0 aliphatic rings. The van der Waals surface area contributed by atoms with Crippen molar-refractivity contribution in [3.8, 4) is 22.6 Å². The van der Waals surface area contributed by atoms with Gasteiger partial charge in [0.05, 0.1) is 5.56 Å². The number of aromatic nitrogens is 2. The fourth-order valence-corrected chi connectivity index (χ4v) is 3.77. The molecule has 0 aliphatic carbocycles. The highest BCUT2D eigenvalue weighted by Gasteiger charge is 2.28. The molecule has 0 fully saturated rings. The maximum Gasteiger partial charge on any atom is 0.174 e. The van der Waals surface area contributed by atoms with Crippen molar-refractivity contribution in [2.24, 2.45) is 0 Å². The maximum atomic E-state index is 14.9. The molecule has 1 N–H and O–H groups in total. The van der Waals surface area contributed by atoms with Gasteiger partial charge >= 0.3 is 0 Å². The third kappa shape index (κ3) is 3.37. The Kier molecular flexibility index (Phi) is 5.07. The van der Waals surface area contributed by atoms with Gasteiger partial charge in [-0.15, -0.1) is 0 Å². The van der Waals surface area contributed by atoms with Gasteiger partial charge in [-0.3, -0.25) is 4.98 Å². The first kappa shape index (κ1) is 18.5. The maximum absolute atomic E-state index is 14.9. The SMILES string of the molecule is CC(C)c1ccc(-c2noc(-c3ccsc3)c2C(O)c2cccnc2)c(F)c1. The van der Waals surface area contributed by atoms with E-state index in [1.54, 1.807) is 30.6 Å². The van der Waals surface area contributed by atoms with E-state index in [0.717, 1.165) is 11.1 Å². The van der Waals surface area contributed by atoms with Crippen LogP contribution in [0.5, 0.6) is 0 Å². The molecule has 0 spiro atoms. The summed E-state index contributed by atoms with van der Waals surface area (Å²) in [6.07, 6.45) is 2.17. The monoisotopic (exact) mass is 394 g/mol. The lowest BCUT2D eigenvalue weighted by atomic mass is 9.94. The van der Waals surface area contributed by atoms with Crippen molar-refractivity contribution < 1.29 is 14.0 Å². The van der Waals surface area contributed by atoms with E-state index >= 15 is 0 Å². The molecule has 6 heteroatoms. The molecule has 0 saturated carbocycles. The molecule has 3 aromatic heterocycles. The van der Waals surface area contributed by atoms with Gasteiger partial charge in [0.25, 0.3) is 0 Å². The van der Waals surface area contributed by atoms with E-state index < -0.39 is 11.9 Å². The highest BCUT2D eigenvalue weighted by atomic mass is 32.1. The van der Waals surface area contributed by atoms with Gasteiger partial charge in [-0.05, 0) is 41.1 Å². The molecule has 1 unspecified atom stereocenters. The summed E-state index contributed by atoms with van der Waals surface area (Å²) in [5.41, 5.74) is 3.31. The summed E-state index contributed by atoms with van der Waals surface area (Å²) in [7, 11) is 0. The molecule has 4 aromatic rings. The van der Waals surface area contributed by atoms with Gasteiger partial charge in [0.15, 0.2) is 5.76 Å². The van der Waals surface area contributed by atoms with Crippen LogP contribution in [0.3, 0.4) is 0 Å². The molecule has 0 radical (unpaired) electrons. The minimum absolute atomic E-state index is 0.211. The zero-order valence-corrected chi connectivity index (χ0v) is 16.3. The first-order valence-electron chi connectivity index (χ1n) is 8.96. The lowest BCUT2D eigenvalue weighted by Gasteiger charge is -2.13. The molecule has 4 rings (SSSR count). The third-order valence-electron chi connectivity index (χ3n) is 4.70. The predicted octanol–water partition coefficient (Wildman–Crippen LogP) is 5.81. The Hall–Kier alpha value is -2.83. The number of hydrogen-bond donors (Lipinski definition) is 1. The van der Waals surface area contributed by atoms with Gasteiger partial charge in [0.2, 0.25) is 0 Å². The van der Waals surface area contributed by atoms with Gasteiger partial charge in [0.1, 0.15) is 17.6 Å². The zero-order chi connectivity index (χ0) is 19.7. The number of benzene rings is 1. The Morgan fingerprint density at radius 1 is 1.14 bits per heavy atom. The number of hydrogen-bond acceptors (Lipinski definition) is 5. The van der Waals surface area contributed by atoms with Crippen LogP contribution in [0.1, 0.15) is 42.6 Å². The molecule has 0 amide bonds. The largest absolute Gasteiger partial charge is 0.383 e. The lowest BCUT2D eigenvalue weighted by Crippen LogP contribution is -2.03. The molecular weight excluding hydrogens is 375 g/mol.